The fourth-order valence-electron chi connectivity index (χ4n) is 1.68. The van der Waals surface area contributed by atoms with E-state index in [2.05, 4.69) is 6.58 Å². The third-order valence-electron chi connectivity index (χ3n) is 2.57. The minimum atomic E-state index is -0.957. The Bertz CT molecular complexity index is 242. The molecule has 0 radical (unpaired) electrons. The van der Waals surface area contributed by atoms with Crippen molar-refractivity contribution < 1.29 is 14.3 Å². The molecular weight excluding hydrogens is 173 g/mol. The highest BCUT2D eigenvalue weighted by molar-refractivity contribution is 5.91. The summed E-state index contributed by atoms with van der Waals surface area (Å²) in [5, 5.41) is 9.08. The fraction of sp³-hybridized carbons (Fsp3) is 0.667. The van der Waals surface area contributed by atoms with Crippen molar-refractivity contribution in [3.05, 3.63) is 12.4 Å². The number of aliphatic hydroxyl groups excluding tert-OH is 1. The van der Waals surface area contributed by atoms with Gasteiger partial charge in [0.15, 0.2) is 5.83 Å². The first kappa shape index (κ1) is 10.2. The molecule has 13 heavy (non-hydrogen) atoms. The van der Waals surface area contributed by atoms with Crippen LogP contribution in [0.1, 0.15) is 19.8 Å². The molecule has 1 saturated heterocycles. The normalized spacial score (nSPS) is 27.8. The van der Waals surface area contributed by atoms with Gasteiger partial charge in [-0.3, -0.25) is 4.79 Å². The van der Waals surface area contributed by atoms with E-state index in [4.69, 9.17) is 5.11 Å². The van der Waals surface area contributed by atoms with Gasteiger partial charge in [0.1, 0.15) is 0 Å². The van der Waals surface area contributed by atoms with E-state index in [1.807, 2.05) is 0 Å². The molecule has 0 aliphatic carbocycles. The Labute approximate surface area is 76.8 Å². The smallest absolute Gasteiger partial charge is 0.282 e. The topological polar surface area (TPSA) is 40.5 Å². The van der Waals surface area contributed by atoms with Gasteiger partial charge in [-0.1, -0.05) is 6.58 Å². The summed E-state index contributed by atoms with van der Waals surface area (Å²) in [4.78, 5) is 12.6. The molecule has 0 aromatic carbocycles. The summed E-state index contributed by atoms with van der Waals surface area (Å²) in [6, 6.07) is 0. The molecular formula is C9H14FNO2. The monoisotopic (exact) mass is 187 g/mol. The lowest BCUT2D eigenvalue weighted by Crippen LogP contribution is -2.47. The highest BCUT2D eigenvalue weighted by atomic mass is 19.1. The molecule has 1 fully saturated rings. The van der Waals surface area contributed by atoms with Gasteiger partial charge < -0.3 is 10.0 Å². The van der Waals surface area contributed by atoms with Crippen LogP contribution in [0, 0.1) is 0 Å². The molecule has 0 spiro atoms. The maximum atomic E-state index is 12.6. The van der Waals surface area contributed by atoms with Crippen molar-refractivity contribution in [1.82, 2.24) is 4.90 Å². The number of carbonyl (C=O) groups is 1. The summed E-state index contributed by atoms with van der Waals surface area (Å²) in [6.07, 6.45) is 1.51. The Kier molecular flexibility index (Phi) is 2.71. The first-order valence-corrected chi connectivity index (χ1v) is 4.28. The van der Waals surface area contributed by atoms with Crippen LogP contribution in [0.3, 0.4) is 0 Å². The summed E-state index contributed by atoms with van der Waals surface area (Å²) in [5.74, 6) is -1.66. The molecule has 1 amide bonds. The second kappa shape index (κ2) is 3.46. The van der Waals surface area contributed by atoms with Crippen molar-refractivity contribution in [3.63, 3.8) is 0 Å². The van der Waals surface area contributed by atoms with Gasteiger partial charge in [0.05, 0.1) is 12.1 Å². The number of hydrogen-bond donors (Lipinski definition) is 1. The third-order valence-corrected chi connectivity index (χ3v) is 2.57. The van der Waals surface area contributed by atoms with E-state index >= 15 is 0 Å². The van der Waals surface area contributed by atoms with Crippen LogP contribution in [0.25, 0.3) is 0 Å². The lowest BCUT2D eigenvalue weighted by molar-refractivity contribution is -0.133. The molecule has 1 N–H and O–H groups in total. The Balaban J connectivity index is 2.80. The van der Waals surface area contributed by atoms with Crippen LogP contribution in [0.2, 0.25) is 0 Å². The van der Waals surface area contributed by atoms with Crippen molar-refractivity contribution >= 4 is 5.91 Å². The molecule has 0 unspecified atom stereocenters. The van der Waals surface area contributed by atoms with Crippen LogP contribution >= 0.6 is 0 Å². The Morgan fingerprint density at radius 1 is 1.77 bits per heavy atom. The highest BCUT2D eigenvalue weighted by Gasteiger charge is 2.39. The van der Waals surface area contributed by atoms with Gasteiger partial charge in [-0.25, -0.2) is 4.39 Å². The molecule has 1 heterocycles. The minimum absolute atomic E-state index is 0.133. The SMILES string of the molecule is C=C(F)C(=O)N1CCC[C@]1(C)CO. The largest absolute Gasteiger partial charge is 0.394 e. The summed E-state index contributed by atoms with van der Waals surface area (Å²) in [6.45, 7) is 5.08. The maximum absolute atomic E-state index is 12.6. The molecule has 1 rings (SSSR count). The van der Waals surface area contributed by atoms with Crippen molar-refractivity contribution in [2.45, 2.75) is 25.3 Å². The molecule has 4 heteroatoms. The summed E-state index contributed by atoms with van der Waals surface area (Å²) < 4.78 is 12.6. The first-order chi connectivity index (χ1) is 6.01. The van der Waals surface area contributed by atoms with Crippen molar-refractivity contribution in [3.8, 4) is 0 Å². The first-order valence-electron chi connectivity index (χ1n) is 4.28. The van der Waals surface area contributed by atoms with Gasteiger partial charge in [-0.05, 0) is 19.8 Å². The number of aliphatic hydroxyl groups is 1. The van der Waals surface area contributed by atoms with Gasteiger partial charge >= 0.3 is 0 Å². The Hall–Kier alpha value is -0.900. The molecule has 0 aromatic heterocycles. The van der Waals surface area contributed by atoms with Gasteiger partial charge in [0.25, 0.3) is 5.91 Å². The highest BCUT2D eigenvalue weighted by Crippen LogP contribution is 2.29. The van der Waals surface area contributed by atoms with Crippen LogP contribution in [0.5, 0.6) is 0 Å². The zero-order valence-electron chi connectivity index (χ0n) is 7.72. The average Bonchev–Trinajstić information content (AvgIpc) is 2.47. The molecule has 1 atom stereocenters. The number of likely N-dealkylation sites (tertiary alicyclic amines) is 1. The molecule has 0 aromatic rings. The van der Waals surface area contributed by atoms with Crippen LogP contribution in [-0.2, 0) is 4.79 Å². The van der Waals surface area contributed by atoms with E-state index in [0.717, 1.165) is 6.42 Å². The van der Waals surface area contributed by atoms with E-state index < -0.39 is 17.3 Å². The Morgan fingerprint density at radius 2 is 2.38 bits per heavy atom. The van der Waals surface area contributed by atoms with Gasteiger partial charge in [-0.2, -0.15) is 0 Å². The molecule has 1 aliphatic rings. The fourth-order valence-corrected chi connectivity index (χ4v) is 1.68. The van der Waals surface area contributed by atoms with E-state index in [0.29, 0.717) is 13.0 Å². The zero-order chi connectivity index (χ0) is 10.1. The van der Waals surface area contributed by atoms with Crippen LogP contribution in [-0.4, -0.2) is 34.6 Å². The van der Waals surface area contributed by atoms with Crippen LogP contribution in [0.15, 0.2) is 12.4 Å². The zero-order valence-corrected chi connectivity index (χ0v) is 7.72. The standard InChI is InChI=1S/C9H14FNO2/c1-7(10)8(13)11-5-3-4-9(11,2)6-12/h12H,1,3-6H2,2H3/t9-/m1/s1. The molecule has 1 aliphatic heterocycles. The summed E-state index contributed by atoms with van der Waals surface area (Å²) in [5.41, 5.74) is -0.605. The predicted octanol–water partition coefficient (Wildman–Crippen LogP) is 0.843. The predicted molar refractivity (Wildman–Crippen MR) is 46.7 cm³/mol. The molecule has 0 saturated carbocycles. The number of carbonyl (C=O) groups excluding carboxylic acids is 1. The van der Waals surface area contributed by atoms with E-state index in [1.165, 1.54) is 4.90 Å². The summed E-state index contributed by atoms with van der Waals surface area (Å²) in [7, 11) is 0. The van der Waals surface area contributed by atoms with Crippen LogP contribution in [0.4, 0.5) is 4.39 Å². The second-order valence-electron chi connectivity index (χ2n) is 3.62. The average molecular weight is 187 g/mol. The van der Waals surface area contributed by atoms with Gasteiger partial charge in [-0.15, -0.1) is 0 Å². The van der Waals surface area contributed by atoms with Crippen molar-refractivity contribution in [2.75, 3.05) is 13.2 Å². The Morgan fingerprint density at radius 3 is 2.85 bits per heavy atom. The van der Waals surface area contributed by atoms with E-state index in [-0.39, 0.29) is 6.61 Å². The minimum Gasteiger partial charge on any atom is -0.394 e. The van der Waals surface area contributed by atoms with E-state index in [9.17, 15) is 9.18 Å². The maximum Gasteiger partial charge on any atom is 0.282 e. The van der Waals surface area contributed by atoms with Gasteiger partial charge in [0.2, 0.25) is 0 Å². The number of halogens is 1. The lowest BCUT2D eigenvalue weighted by atomic mass is 10.0. The van der Waals surface area contributed by atoms with E-state index in [1.54, 1.807) is 6.92 Å². The quantitative estimate of drug-likeness (QED) is 0.651. The lowest BCUT2D eigenvalue weighted by Gasteiger charge is -2.32. The number of rotatable bonds is 2. The van der Waals surface area contributed by atoms with Crippen molar-refractivity contribution in [2.24, 2.45) is 0 Å². The number of amides is 1. The molecule has 0 bridgehead atoms. The number of nitrogens with zero attached hydrogens (tertiary/aromatic N) is 1. The van der Waals surface area contributed by atoms with Crippen molar-refractivity contribution in [1.29, 1.82) is 0 Å². The second-order valence-corrected chi connectivity index (χ2v) is 3.62. The third kappa shape index (κ3) is 1.72. The molecule has 3 nitrogen and oxygen atoms in total. The summed E-state index contributed by atoms with van der Waals surface area (Å²) >= 11 is 0. The van der Waals surface area contributed by atoms with Gasteiger partial charge in [0, 0.05) is 6.54 Å². The molecule has 74 valence electrons. The number of hydrogen-bond acceptors (Lipinski definition) is 2. The van der Waals surface area contributed by atoms with Crippen LogP contribution < -0.4 is 0 Å².